The van der Waals surface area contributed by atoms with Gasteiger partial charge < -0.3 is 15.5 Å². The molecule has 3 fully saturated rings. The molecule has 3 aliphatic rings. The molecule has 3 rings (SSSR count). The van der Waals surface area contributed by atoms with E-state index in [9.17, 15) is 13.2 Å². The number of nitrogens with zero attached hydrogens (tertiary/aromatic N) is 1. The number of hydrogen-bond acceptors (Lipinski definition) is 5. The maximum atomic E-state index is 12.8. The van der Waals surface area contributed by atoms with Gasteiger partial charge in [0, 0.05) is 31.9 Å². The molecule has 0 aromatic heterocycles. The minimum atomic E-state index is -3.43. The number of nitrogens with one attached hydrogen (secondary N) is 2. The number of halogens is 2. The molecule has 2 saturated heterocycles. The summed E-state index contributed by atoms with van der Waals surface area (Å²) < 4.78 is 23.4. The monoisotopic (exact) mass is 429 g/mol. The average molecular weight is 430 g/mol. The third kappa shape index (κ3) is 5.25. The molecule has 2 heterocycles. The Labute approximate surface area is 170 Å². The molecule has 0 spiro atoms. The summed E-state index contributed by atoms with van der Waals surface area (Å²) in [5, 5.41) is 6.22. The van der Waals surface area contributed by atoms with Gasteiger partial charge in [-0.1, -0.05) is 12.8 Å². The molecule has 154 valence electrons. The van der Waals surface area contributed by atoms with Crippen LogP contribution in [0.15, 0.2) is 0 Å². The number of carbonyl (C=O) groups excluding carboxylic acids is 1. The van der Waals surface area contributed by atoms with E-state index in [4.69, 9.17) is 0 Å². The number of hydrogen-bond donors (Lipinski definition) is 2. The highest BCUT2D eigenvalue weighted by Gasteiger charge is 2.49. The topological polar surface area (TPSA) is 78.5 Å². The van der Waals surface area contributed by atoms with Crippen LogP contribution in [-0.2, 0) is 14.6 Å². The number of piperidine rings is 1. The van der Waals surface area contributed by atoms with Crippen molar-refractivity contribution in [2.24, 2.45) is 5.92 Å². The van der Waals surface area contributed by atoms with E-state index in [0.29, 0.717) is 25.9 Å². The van der Waals surface area contributed by atoms with E-state index in [-0.39, 0.29) is 36.8 Å². The molecule has 1 atom stereocenters. The van der Waals surface area contributed by atoms with Crippen molar-refractivity contribution >= 4 is 40.6 Å². The molecular formula is C17H33Cl2N3O3S. The maximum Gasteiger partial charge on any atom is 0.241 e. The lowest BCUT2D eigenvalue weighted by molar-refractivity contribution is -0.125. The van der Waals surface area contributed by atoms with Gasteiger partial charge in [0.05, 0.1) is 0 Å². The zero-order chi connectivity index (χ0) is 17.2. The van der Waals surface area contributed by atoms with E-state index in [1.54, 1.807) is 0 Å². The normalized spacial score (nSPS) is 26.7. The smallest absolute Gasteiger partial charge is 0.241 e. The Morgan fingerprint density at radius 3 is 2.35 bits per heavy atom. The first-order valence-electron chi connectivity index (χ1n) is 9.34. The molecule has 2 N–H and O–H groups in total. The van der Waals surface area contributed by atoms with Crippen LogP contribution in [0, 0.1) is 5.92 Å². The maximum absolute atomic E-state index is 12.8. The van der Waals surface area contributed by atoms with Crippen molar-refractivity contribution in [1.82, 2.24) is 15.5 Å². The summed E-state index contributed by atoms with van der Waals surface area (Å²) in [5.41, 5.74) is 0. The predicted molar refractivity (Wildman–Crippen MR) is 109 cm³/mol. The first-order valence-corrected chi connectivity index (χ1v) is 11.2. The lowest BCUT2D eigenvalue weighted by Gasteiger charge is -2.35. The molecule has 0 aromatic carbocycles. The van der Waals surface area contributed by atoms with Gasteiger partial charge in [0.1, 0.15) is 0 Å². The quantitative estimate of drug-likeness (QED) is 0.689. The largest absolute Gasteiger partial charge is 0.351 e. The van der Waals surface area contributed by atoms with Crippen LogP contribution in [0.4, 0.5) is 0 Å². The van der Waals surface area contributed by atoms with E-state index < -0.39 is 14.6 Å². The second kappa shape index (κ2) is 9.92. The summed E-state index contributed by atoms with van der Waals surface area (Å²) >= 11 is 0. The zero-order valence-electron chi connectivity index (χ0n) is 15.5. The third-order valence-corrected chi connectivity index (χ3v) is 8.15. The number of rotatable bonds is 5. The summed E-state index contributed by atoms with van der Waals surface area (Å²) in [5.74, 6) is 0.533. The van der Waals surface area contributed by atoms with Crippen molar-refractivity contribution in [3.05, 3.63) is 0 Å². The first-order chi connectivity index (χ1) is 11.4. The molecule has 1 aliphatic carbocycles. The Balaban J connectivity index is 0.00000169. The third-order valence-electron chi connectivity index (χ3n) is 6.13. The molecule has 6 nitrogen and oxygen atoms in total. The van der Waals surface area contributed by atoms with Gasteiger partial charge in [0.15, 0.2) is 14.6 Å². The lowest BCUT2D eigenvalue weighted by Crippen LogP contribution is -2.59. The van der Waals surface area contributed by atoms with Gasteiger partial charge in [0.2, 0.25) is 5.91 Å². The van der Waals surface area contributed by atoms with Gasteiger partial charge in [-0.05, 0) is 51.1 Å². The Bertz CT molecular complexity index is 562. The molecule has 0 radical (unpaired) electrons. The van der Waals surface area contributed by atoms with Crippen LogP contribution in [0.2, 0.25) is 0 Å². The molecule has 0 bridgehead atoms. The molecule has 1 amide bonds. The summed E-state index contributed by atoms with van der Waals surface area (Å²) in [6.45, 7) is 4.17. The van der Waals surface area contributed by atoms with E-state index in [2.05, 4.69) is 15.5 Å². The van der Waals surface area contributed by atoms with Gasteiger partial charge in [-0.3, -0.25) is 4.79 Å². The van der Waals surface area contributed by atoms with E-state index in [1.807, 2.05) is 0 Å². The van der Waals surface area contributed by atoms with Crippen LogP contribution >= 0.6 is 24.8 Å². The fourth-order valence-corrected chi connectivity index (χ4v) is 5.93. The average Bonchev–Trinajstić information content (AvgIpc) is 3.19. The number of carbonyl (C=O) groups is 1. The van der Waals surface area contributed by atoms with Crippen molar-refractivity contribution < 1.29 is 13.2 Å². The van der Waals surface area contributed by atoms with Crippen LogP contribution in [0.3, 0.4) is 0 Å². The highest BCUT2D eigenvalue weighted by molar-refractivity contribution is 7.92. The minimum absolute atomic E-state index is 0. The van der Waals surface area contributed by atoms with Crippen LogP contribution < -0.4 is 10.6 Å². The van der Waals surface area contributed by atoms with Crippen molar-refractivity contribution in [3.63, 3.8) is 0 Å². The second-order valence-electron chi connectivity index (χ2n) is 7.89. The molecule has 2 aliphatic heterocycles. The van der Waals surface area contributed by atoms with E-state index in [1.165, 1.54) is 31.9 Å². The van der Waals surface area contributed by atoms with E-state index >= 15 is 0 Å². The fraction of sp³-hybridized carbons (Fsp3) is 0.941. The molecule has 9 heteroatoms. The van der Waals surface area contributed by atoms with E-state index in [0.717, 1.165) is 32.0 Å². The SMILES string of the molecule is CS(=O)(=O)C1(C(=O)NC2CCN(CC3CCCC3)C2)CCNCC1.Cl.Cl. The zero-order valence-corrected chi connectivity index (χ0v) is 18.0. The predicted octanol–water partition coefficient (Wildman–Crippen LogP) is 1.38. The van der Waals surface area contributed by atoms with Crippen LogP contribution in [0.1, 0.15) is 44.9 Å². The lowest BCUT2D eigenvalue weighted by atomic mass is 9.95. The molecule has 1 saturated carbocycles. The van der Waals surface area contributed by atoms with Crippen molar-refractivity contribution in [2.75, 3.05) is 39.0 Å². The molecule has 1 unspecified atom stereocenters. The van der Waals surface area contributed by atoms with Gasteiger partial charge in [0.25, 0.3) is 0 Å². The minimum Gasteiger partial charge on any atom is -0.351 e. The Hall–Kier alpha value is -0.0800. The van der Waals surface area contributed by atoms with Crippen LogP contribution in [0.5, 0.6) is 0 Å². The summed E-state index contributed by atoms with van der Waals surface area (Å²) in [4.78, 5) is 15.3. The molecule has 0 aromatic rings. The fourth-order valence-electron chi connectivity index (χ4n) is 4.59. The van der Waals surface area contributed by atoms with Crippen LogP contribution in [0.25, 0.3) is 0 Å². The van der Waals surface area contributed by atoms with Gasteiger partial charge in [-0.2, -0.15) is 0 Å². The van der Waals surface area contributed by atoms with Gasteiger partial charge in [-0.15, -0.1) is 24.8 Å². The molecular weight excluding hydrogens is 397 g/mol. The van der Waals surface area contributed by atoms with Gasteiger partial charge >= 0.3 is 0 Å². The highest BCUT2D eigenvalue weighted by atomic mass is 35.5. The first kappa shape index (κ1) is 24.0. The number of sulfone groups is 1. The van der Waals surface area contributed by atoms with Gasteiger partial charge in [-0.25, -0.2) is 8.42 Å². The van der Waals surface area contributed by atoms with Crippen molar-refractivity contribution in [2.45, 2.75) is 55.7 Å². The summed E-state index contributed by atoms with van der Waals surface area (Å²) in [6.07, 6.45) is 8.24. The second-order valence-corrected chi connectivity index (χ2v) is 10.2. The Kier molecular flexibility index (Phi) is 9.14. The Morgan fingerprint density at radius 2 is 1.77 bits per heavy atom. The van der Waals surface area contributed by atoms with Crippen molar-refractivity contribution in [1.29, 1.82) is 0 Å². The Morgan fingerprint density at radius 1 is 1.15 bits per heavy atom. The number of likely N-dealkylation sites (tertiary alicyclic amines) is 1. The highest BCUT2D eigenvalue weighted by Crippen LogP contribution is 2.29. The van der Waals surface area contributed by atoms with Crippen molar-refractivity contribution in [3.8, 4) is 0 Å². The molecule has 26 heavy (non-hydrogen) atoms. The summed E-state index contributed by atoms with van der Waals surface area (Å²) in [6, 6.07) is 0.0902. The summed E-state index contributed by atoms with van der Waals surface area (Å²) in [7, 11) is -3.43. The number of amides is 1. The standard InChI is InChI=1S/C17H31N3O3S.2ClH/c1-24(22,23)17(7-9-18-10-8-17)16(21)19-15-6-11-20(13-15)12-14-4-2-3-5-14;;/h14-15,18H,2-13H2,1H3,(H,19,21);2*1H. The van der Waals surface area contributed by atoms with Crippen LogP contribution in [-0.4, -0.2) is 69.0 Å².